The molecule has 8 heteroatoms. The van der Waals surface area contributed by atoms with Gasteiger partial charge in [0, 0.05) is 43.9 Å². The van der Waals surface area contributed by atoms with E-state index in [9.17, 15) is 14.9 Å². The second-order valence-corrected chi connectivity index (χ2v) is 6.41. The van der Waals surface area contributed by atoms with Crippen LogP contribution in [0.1, 0.15) is 26.2 Å². The normalized spacial score (nSPS) is 19.7. The SMILES string of the molecule is CC1(CN)CCN(C(=O)CCCNc2ccc([N+](=O)[O-])cc2)C1.Cl. The third kappa shape index (κ3) is 5.35. The Labute approximate surface area is 148 Å². The van der Waals surface area contributed by atoms with Crippen LogP contribution in [0.3, 0.4) is 0 Å². The second-order valence-electron chi connectivity index (χ2n) is 6.41. The Kier molecular flexibility index (Phi) is 7.44. The summed E-state index contributed by atoms with van der Waals surface area (Å²) in [4.78, 5) is 24.2. The van der Waals surface area contributed by atoms with Crippen molar-refractivity contribution in [3.05, 3.63) is 34.4 Å². The lowest BCUT2D eigenvalue weighted by Gasteiger charge is -2.22. The zero-order chi connectivity index (χ0) is 16.9. The van der Waals surface area contributed by atoms with Gasteiger partial charge in [-0.2, -0.15) is 0 Å². The fourth-order valence-corrected chi connectivity index (χ4v) is 2.73. The first-order chi connectivity index (χ1) is 10.9. The number of benzene rings is 1. The summed E-state index contributed by atoms with van der Waals surface area (Å²) < 4.78 is 0. The van der Waals surface area contributed by atoms with Crippen molar-refractivity contribution in [2.45, 2.75) is 26.2 Å². The van der Waals surface area contributed by atoms with E-state index >= 15 is 0 Å². The standard InChI is InChI=1S/C16H24N4O3.ClH/c1-16(11-17)8-10-19(12-16)15(21)3-2-9-18-13-4-6-14(7-5-13)20(22)23;/h4-7,18H,2-3,8-12,17H2,1H3;1H. The van der Waals surface area contributed by atoms with Crippen molar-refractivity contribution in [3.63, 3.8) is 0 Å². The van der Waals surface area contributed by atoms with E-state index < -0.39 is 4.92 Å². The van der Waals surface area contributed by atoms with Crippen LogP contribution in [-0.4, -0.2) is 41.9 Å². The van der Waals surface area contributed by atoms with Crippen LogP contribution in [-0.2, 0) is 4.79 Å². The zero-order valence-corrected chi connectivity index (χ0v) is 14.7. The van der Waals surface area contributed by atoms with E-state index in [0.29, 0.717) is 19.5 Å². The number of nitro groups is 1. The largest absolute Gasteiger partial charge is 0.385 e. The minimum atomic E-state index is -0.423. The zero-order valence-electron chi connectivity index (χ0n) is 13.9. The number of carbonyl (C=O) groups is 1. The van der Waals surface area contributed by atoms with Crippen LogP contribution in [0, 0.1) is 15.5 Å². The molecule has 24 heavy (non-hydrogen) atoms. The van der Waals surface area contributed by atoms with Crippen molar-refractivity contribution in [1.29, 1.82) is 0 Å². The molecular formula is C16H25ClN4O3. The molecule has 1 saturated heterocycles. The van der Waals surface area contributed by atoms with Crippen molar-refractivity contribution >= 4 is 29.7 Å². The van der Waals surface area contributed by atoms with Crippen molar-refractivity contribution in [3.8, 4) is 0 Å². The topological polar surface area (TPSA) is 102 Å². The predicted octanol–water partition coefficient (Wildman–Crippen LogP) is 2.41. The number of halogens is 1. The highest BCUT2D eigenvalue weighted by molar-refractivity contribution is 5.85. The summed E-state index contributed by atoms with van der Waals surface area (Å²) in [7, 11) is 0. The number of rotatable bonds is 7. The van der Waals surface area contributed by atoms with E-state index in [1.54, 1.807) is 12.1 Å². The summed E-state index contributed by atoms with van der Waals surface area (Å²) in [5, 5.41) is 13.7. The van der Waals surface area contributed by atoms with E-state index in [2.05, 4.69) is 12.2 Å². The van der Waals surface area contributed by atoms with Crippen molar-refractivity contribution in [2.24, 2.45) is 11.1 Å². The van der Waals surface area contributed by atoms with Gasteiger partial charge in [0.1, 0.15) is 0 Å². The van der Waals surface area contributed by atoms with E-state index in [4.69, 9.17) is 5.73 Å². The van der Waals surface area contributed by atoms with Gasteiger partial charge in [0.05, 0.1) is 4.92 Å². The highest BCUT2D eigenvalue weighted by Crippen LogP contribution is 2.28. The van der Waals surface area contributed by atoms with Gasteiger partial charge in [-0.3, -0.25) is 14.9 Å². The van der Waals surface area contributed by atoms with Crippen LogP contribution in [0.15, 0.2) is 24.3 Å². The number of amides is 1. The van der Waals surface area contributed by atoms with E-state index in [0.717, 1.165) is 31.6 Å². The second kappa shape index (κ2) is 8.84. The van der Waals surface area contributed by atoms with Crippen LogP contribution >= 0.6 is 12.4 Å². The molecule has 0 spiro atoms. The van der Waals surface area contributed by atoms with Crippen LogP contribution in [0.25, 0.3) is 0 Å². The average Bonchev–Trinajstić information content (AvgIpc) is 2.95. The molecule has 1 amide bonds. The van der Waals surface area contributed by atoms with E-state index in [1.807, 2.05) is 4.90 Å². The molecule has 0 radical (unpaired) electrons. The predicted molar refractivity (Wildman–Crippen MR) is 96.4 cm³/mol. The monoisotopic (exact) mass is 356 g/mol. The smallest absolute Gasteiger partial charge is 0.269 e. The maximum Gasteiger partial charge on any atom is 0.269 e. The molecule has 1 fully saturated rings. The summed E-state index contributed by atoms with van der Waals surface area (Å²) in [6.07, 6.45) is 2.20. The first-order valence-corrected chi connectivity index (χ1v) is 7.90. The number of anilines is 1. The Hall–Kier alpha value is -1.86. The lowest BCUT2D eigenvalue weighted by atomic mass is 9.90. The van der Waals surface area contributed by atoms with Crippen molar-refractivity contribution < 1.29 is 9.72 Å². The van der Waals surface area contributed by atoms with Gasteiger partial charge in [-0.25, -0.2) is 0 Å². The molecule has 1 unspecified atom stereocenters. The first-order valence-electron chi connectivity index (χ1n) is 7.90. The van der Waals surface area contributed by atoms with Crippen LogP contribution in [0.5, 0.6) is 0 Å². The number of nitrogens with two attached hydrogens (primary N) is 1. The molecule has 1 atom stereocenters. The molecule has 134 valence electrons. The molecule has 0 bridgehead atoms. The fraction of sp³-hybridized carbons (Fsp3) is 0.562. The van der Waals surface area contributed by atoms with Crippen LogP contribution in [0.2, 0.25) is 0 Å². The number of hydrogen-bond acceptors (Lipinski definition) is 5. The molecule has 0 aromatic heterocycles. The van der Waals surface area contributed by atoms with Gasteiger partial charge in [-0.1, -0.05) is 6.92 Å². The number of nitrogens with one attached hydrogen (secondary N) is 1. The summed E-state index contributed by atoms with van der Waals surface area (Å²) >= 11 is 0. The number of carbonyl (C=O) groups excluding carboxylic acids is 1. The maximum absolute atomic E-state index is 12.2. The van der Waals surface area contributed by atoms with Gasteiger partial charge < -0.3 is 16.0 Å². The summed E-state index contributed by atoms with van der Waals surface area (Å²) in [5.74, 6) is 0.174. The molecule has 7 nitrogen and oxygen atoms in total. The van der Waals surface area contributed by atoms with Crippen molar-refractivity contribution in [2.75, 3.05) is 31.5 Å². The highest BCUT2D eigenvalue weighted by Gasteiger charge is 2.34. The number of nitrogens with zero attached hydrogens (tertiary/aromatic N) is 2. The molecular weight excluding hydrogens is 332 g/mol. The molecule has 1 aromatic rings. The summed E-state index contributed by atoms with van der Waals surface area (Å²) in [6.45, 7) is 4.93. The summed E-state index contributed by atoms with van der Waals surface area (Å²) in [6, 6.07) is 6.27. The van der Waals surface area contributed by atoms with Gasteiger partial charge in [-0.15, -0.1) is 12.4 Å². The third-order valence-electron chi connectivity index (χ3n) is 4.38. The molecule has 1 aromatic carbocycles. The molecule has 2 rings (SSSR count). The highest BCUT2D eigenvalue weighted by atomic mass is 35.5. The summed E-state index contributed by atoms with van der Waals surface area (Å²) in [5.41, 5.74) is 6.71. The average molecular weight is 357 g/mol. The maximum atomic E-state index is 12.2. The van der Waals surface area contributed by atoms with E-state index in [1.165, 1.54) is 12.1 Å². The molecule has 0 saturated carbocycles. The molecule has 3 N–H and O–H groups in total. The first kappa shape index (κ1) is 20.2. The van der Waals surface area contributed by atoms with Crippen molar-refractivity contribution in [1.82, 2.24) is 4.90 Å². The Bertz CT molecular complexity index is 567. The molecule has 1 aliphatic rings. The van der Waals surface area contributed by atoms with Gasteiger partial charge in [0.25, 0.3) is 5.69 Å². The Morgan fingerprint density at radius 2 is 2.08 bits per heavy atom. The Balaban J connectivity index is 0.00000288. The quantitative estimate of drug-likeness (QED) is 0.443. The number of non-ortho nitro benzene ring substituents is 1. The van der Waals surface area contributed by atoms with Crippen LogP contribution < -0.4 is 11.1 Å². The minimum Gasteiger partial charge on any atom is -0.385 e. The van der Waals surface area contributed by atoms with Gasteiger partial charge in [-0.05, 0) is 36.9 Å². The number of likely N-dealkylation sites (tertiary alicyclic amines) is 1. The fourth-order valence-electron chi connectivity index (χ4n) is 2.73. The van der Waals surface area contributed by atoms with Gasteiger partial charge >= 0.3 is 0 Å². The Morgan fingerprint density at radius 3 is 2.62 bits per heavy atom. The van der Waals surface area contributed by atoms with Crippen LogP contribution in [0.4, 0.5) is 11.4 Å². The Morgan fingerprint density at radius 1 is 1.42 bits per heavy atom. The number of nitro benzene ring substituents is 1. The molecule has 0 aliphatic carbocycles. The van der Waals surface area contributed by atoms with E-state index in [-0.39, 0.29) is 29.4 Å². The van der Waals surface area contributed by atoms with Gasteiger partial charge in [0.15, 0.2) is 0 Å². The lowest BCUT2D eigenvalue weighted by molar-refractivity contribution is -0.384. The number of hydrogen-bond donors (Lipinski definition) is 2. The third-order valence-corrected chi connectivity index (χ3v) is 4.38. The van der Waals surface area contributed by atoms with Gasteiger partial charge in [0.2, 0.25) is 5.91 Å². The molecule has 1 aliphatic heterocycles. The lowest BCUT2D eigenvalue weighted by Crippen LogP contribution is -2.34. The minimum absolute atomic E-state index is 0. The molecule has 1 heterocycles.